The molecule has 224 valence electrons. The first-order valence-corrected chi connectivity index (χ1v) is 15.5. The second-order valence-electron chi connectivity index (χ2n) is 13.5. The van der Waals surface area contributed by atoms with Crippen molar-refractivity contribution in [3.8, 4) is 0 Å². The third kappa shape index (κ3) is 5.71. The summed E-state index contributed by atoms with van der Waals surface area (Å²) in [7, 11) is 1.64. The van der Waals surface area contributed by atoms with E-state index in [9.17, 15) is 19.8 Å². The van der Waals surface area contributed by atoms with Crippen LogP contribution in [0.15, 0.2) is 48.1 Å². The highest BCUT2D eigenvalue weighted by atomic mass is 16.7. The number of fused-ring (bicyclic) bond motifs is 2. The fourth-order valence-electron chi connectivity index (χ4n) is 8.47. The smallest absolute Gasteiger partial charge is 0.247 e. The van der Waals surface area contributed by atoms with Crippen LogP contribution >= 0.6 is 0 Å². The van der Waals surface area contributed by atoms with Crippen LogP contribution in [0.1, 0.15) is 76.8 Å². The van der Waals surface area contributed by atoms with Gasteiger partial charge in [-0.25, -0.2) is 0 Å². The molecule has 0 radical (unpaired) electrons. The Morgan fingerprint density at radius 3 is 2.68 bits per heavy atom. The average molecular weight is 565 g/mol. The van der Waals surface area contributed by atoms with Crippen LogP contribution in [-0.2, 0) is 21.0 Å². The molecular formula is C34H48N2O5. The summed E-state index contributed by atoms with van der Waals surface area (Å²) in [4.78, 5) is 32.6. The summed E-state index contributed by atoms with van der Waals surface area (Å²) in [6.45, 7) is 8.93. The van der Waals surface area contributed by atoms with Crippen molar-refractivity contribution in [2.45, 2.75) is 90.5 Å². The number of hydroxylamine groups is 2. The number of nitrogens with zero attached hydrogens (tertiary/aromatic N) is 1. The number of hydrogen-bond acceptors (Lipinski definition) is 6. The quantitative estimate of drug-likeness (QED) is 0.386. The molecule has 1 heterocycles. The van der Waals surface area contributed by atoms with Gasteiger partial charge in [-0.05, 0) is 72.8 Å². The van der Waals surface area contributed by atoms with Gasteiger partial charge in [0, 0.05) is 37.4 Å². The first kappa shape index (κ1) is 30.1. The summed E-state index contributed by atoms with van der Waals surface area (Å²) >= 11 is 0. The topological polar surface area (TPSA) is 99.1 Å². The number of ketones is 1. The minimum Gasteiger partial charge on any atom is -0.394 e. The molecule has 7 nitrogen and oxygen atoms in total. The van der Waals surface area contributed by atoms with Gasteiger partial charge < -0.3 is 15.5 Å². The van der Waals surface area contributed by atoms with Crippen LogP contribution in [-0.4, -0.2) is 58.9 Å². The summed E-state index contributed by atoms with van der Waals surface area (Å²) in [5.41, 5.74) is 3.13. The van der Waals surface area contributed by atoms with Gasteiger partial charge in [-0.1, -0.05) is 63.3 Å². The van der Waals surface area contributed by atoms with Crippen molar-refractivity contribution in [1.82, 2.24) is 10.4 Å². The maximum Gasteiger partial charge on any atom is 0.247 e. The van der Waals surface area contributed by atoms with E-state index in [2.05, 4.69) is 38.2 Å². The molecule has 1 saturated heterocycles. The summed E-state index contributed by atoms with van der Waals surface area (Å²) in [5, 5.41) is 25.3. The molecule has 2 bridgehead atoms. The summed E-state index contributed by atoms with van der Waals surface area (Å²) in [6, 6.07) is 7.46. The molecular weight excluding hydrogens is 516 g/mol. The summed E-state index contributed by atoms with van der Waals surface area (Å²) in [6.07, 6.45) is 8.99. The van der Waals surface area contributed by atoms with E-state index in [0.717, 1.165) is 41.4 Å². The lowest BCUT2D eigenvalue weighted by Crippen LogP contribution is -2.55. The van der Waals surface area contributed by atoms with E-state index in [1.165, 1.54) is 12.8 Å². The lowest BCUT2D eigenvalue weighted by atomic mass is 9.43. The number of aliphatic hydroxyl groups is 2. The Kier molecular flexibility index (Phi) is 8.91. The SMILES string of the molecule is CNC(=O)C1=CC=CCC1c1cccc(CN2O[C@@H](CO)[C@@H]([C@H](C)O)[C@H]2C(=O)CC[C@H]2C[C@H]3C[C@@H](C2C)C3(C)C)c1. The zero-order valence-corrected chi connectivity index (χ0v) is 25.3. The highest BCUT2D eigenvalue weighted by Crippen LogP contribution is 2.63. The van der Waals surface area contributed by atoms with Crippen molar-refractivity contribution in [3.63, 3.8) is 0 Å². The highest BCUT2D eigenvalue weighted by molar-refractivity contribution is 5.95. The van der Waals surface area contributed by atoms with Crippen molar-refractivity contribution in [2.24, 2.45) is 35.0 Å². The van der Waals surface area contributed by atoms with Crippen LogP contribution in [0.2, 0.25) is 0 Å². The number of likely N-dealkylation sites (N-methyl/N-ethyl adjacent to an activating group) is 1. The van der Waals surface area contributed by atoms with Crippen LogP contribution in [0.5, 0.6) is 0 Å². The number of rotatable bonds is 10. The fourth-order valence-corrected chi connectivity index (χ4v) is 8.47. The number of nitrogens with one attached hydrogen (secondary N) is 1. The van der Waals surface area contributed by atoms with E-state index in [0.29, 0.717) is 30.2 Å². The molecule has 3 saturated carbocycles. The van der Waals surface area contributed by atoms with Crippen molar-refractivity contribution in [2.75, 3.05) is 13.7 Å². The lowest BCUT2D eigenvalue weighted by Gasteiger charge is -2.62. The van der Waals surface area contributed by atoms with E-state index in [1.807, 2.05) is 30.4 Å². The normalized spacial score (nSPS) is 35.0. The minimum atomic E-state index is -0.797. The van der Waals surface area contributed by atoms with Crippen molar-refractivity contribution < 1.29 is 24.6 Å². The van der Waals surface area contributed by atoms with E-state index < -0.39 is 24.2 Å². The molecule has 1 aliphatic heterocycles. The van der Waals surface area contributed by atoms with E-state index >= 15 is 0 Å². The number of amides is 1. The zero-order chi connectivity index (χ0) is 29.5. The molecule has 5 aliphatic rings. The van der Waals surface area contributed by atoms with Gasteiger partial charge in [0.05, 0.1) is 12.7 Å². The number of allylic oxidation sites excluding steroid dienone is 3. The Bertz CT molecular complexity index is 1190. The van der Waals surface area contributed by atoms with Gasteiger partial charge >= 0.3 is 0 Å². The standard InChI is InChI=1S/C34H48N2O5/c1-20-23(16-25-17-28(20)34(25,3)4)13-14-29(39)32-31(21(2)38)30(19-37)41-36(32)18-22-9-8-10-24(15-22)26-11-6-7-12-27(26)33(40)35-5/h6-10,12,15,20-21,23,25-26,28,30-32,37-38H,11,13-14,16-19H2,1-5H3,(H,35,40)/t20?,21-,23-,25-,26?,28-,30-,31+,32+/m0/s1. The van der Waals surface area contributed by atoms with Crippen molar-refractivity contribution in [3.05, 3.63) is 59.2 Å². The van der Waals surface area contributed by atoms with Gasteiger partial charge in [0.1, 0.15) is 12.1 Å². The predicted octanol–water partition coefficient (Wildman–Crippen LogP) is 4.54. The van der Waals surface area contributed by atoms with Gasteiger partial charge in [-0.15, -0.1) is 0 Å². The van der Waals surface area contributed by atoms with Gasteiger partial charge in [0.2, 0.25) is 5.91 Å². The van der Waals surface area contributed by atoms with E-state index in [1.54, 1.807) is 19.0 Å². The lowest BCUT2D eigenvalue weighted by molar-refractivity contribution is -0.181. The van der Waals surface area contributed by atoms with Gasteiger partial charge in [0.25, 0.3) is 0 Å². The van der Waals surface area contributed by atoms with Crippen LogP contribution in [0.3, 0.4) is 0 Å². The molecule has 1 amide bonds. The fraction of sp³-hybridized carbons (Fsp3) is 0.647. The first-order valence-electron chi connectivity index (χ1n) is 15.5. The second-order valence-corrected chi connectivity index (χ2v) is 13.5. The average Bonchev–Trinajstić information content (AvgIpc) is 3.34. The Hall–Kier alpha value is -2.32. The molecule has 6 rings (SSSR count). The summed E-state index contributed by atoms with van der Waals surface area (Å²) in [5.74, 6) is 2.09. The zero-order valence-electron chi connectivity index (χ0n) is 25.3. The molecule has 4 aliphatic carbocycles. The first-order chi connectivity index (χ1) is 19.6. The Labute approximate surface area is 245 Å². The molecule has 9 atom stereocenters. The Morgan fingerprint density at radius 2 is 2.02 bits per heavy atom. The number of carbonyl (C=O) groups is 2. The largest absolute Gasteiger partial charge is 0.394 e. The maximum absolute atomic E-state index is 13.9. The Morgan fingerprint density at radius 1 is 1.24 bits per heavy atom. The molecule has 7 heteroatoms. The van der Waals surface area contributed by atoms with Crippen LogP contribution in [0.25, 0.3) is 0 Å². The van der Waals surface area contributed by atoms with Gasteiger partial charge in [0.15, 0.2) is 5.78 Å². The van der Waals surface area contributed by atoms with E-state index in [4.69, 9.17) is 4.84 Å². The summed E-state index contributed by atoms with van der Waals surface area (Å²) < 4.78 is 0. The number of aliphatic hydroxyl groups excluding tert-OH is 2. The molecule has 41 heavy (non-hydrogen) atoms. The maximum atomic E-state index is 13.9. The third-order valence-electron chi connectivity index (χ3n) is 11.1. The van der Waals surface area contributed by atoms with Crippen molar-refractivity contribution >= 4 is 11.7 Å². The molecule has 0 aromatic heterocycles. The molecule has 4 fully saturated rings. The Balaban J connectivity index is 1.32. The third-order valence-corrected chi connectivity index (χ3v) is 11.1. The molecule has 3 N–H and O–H groups in total. The molecule has 1 aromatic carbocycles. The second kappa shape index (κ2) is 12.1. The predicted molar refractivity (Wildman–Crippen MR) is 158 cm³/mol. The van der Waals surface area contributed by atoms with Crippen LogP contribution in [0.4, 0.5) is 0 Å². The van der Waals surface area contributed by atoms with E-state index in [-0.39, 0.29) is 24.2 Å². The molecule has 1 aromatic rings. The highest BCUT2D eigenvalue weighted by Gasteiger charge is 2.56. The monoisotopic (exact) mass is 564 g/mol. The number of Topliss-reactive ketones (excluding diaryl/α,β-unsaturated/α-hetero) is 1. The minimum absolute atomic E-state index is 0.0547. The van der Waals surface area contributed by atoms with Crippen LogP contribution < -0.4 is 5.32 Å². The number of carbonyl (C=O) groups excluding carboxylic acids is 2. The van der Waals surface area contributed by atoms with Gasteiger partial charge in [-0.3, -0.25) is 14.4 Å². The molecule has 0 spiro atoms. The number of hydrogen-bond donors (Lipinski definition) is 3. The molecule has 2 unspecified atom stereocenters. The van der Waals surface area contributed by atoms with Gasteiger partial charge in [-0.2, -0.15) is 5.06 Å². The van der Waals surface area contributed by atoms with Crippen molar-refractivity contribution in [1.29, 1.82) is 0 Å². The number of benzene rings is 1. The van der Waals surface area contributed by atoms with Crippen LogP contribution in [0, 0.1) is 35.0 Å².